The topological polar surface area (TPSA) is 50.4 Å². The van der Waals surface area contributed by atoms with Gasteiger partial charge >= 0.3 is 0 Å². The molecule has 1 aromatic rings. The summed E-state index contributed by atoms with van der Waals surface area (Å²) in [5, 5.41) is 6.30. The molecule has 2 rings (SSSR count). The number of hydrogen-bond donors (Lipinski definition) is 2. The fourth-order valence-corrected chi connectivity index (χ4v) is 2.66. The van der Waals surface area contributed by atoms with Crippen LogP contribution in [0.1, 0.15) is 33.3 Å². The molecular weight excluding hydrogens is 264 g/mol. The van der Waals surface area contributed by atoms with E-state index in [-0.39, 0.29) is 17.2 Å². The largest absolute Gasteiger partial charge is 0.495 e. The minimum absolute atomic E-state index is 0.0213. The fraction of sp³-hybridized carbons (Fsp3) is 0.588. The lowest BCUT2D eigenvalue weighted by atomic mass is 9.86. The van der Waals surface area contributed by atoms with Gasteiger partial charge in [0.15, 0.2) is 0 Å². The second-order valence-corrected chi connectivity index (χ2v) is 6.90. The van der Waals surface area contributed by atoms with Crippen molar-refractivity contribution < 1.29 is 9.53 Å². The van der Waals surface area contributed by atoms with Crippen molar-refractivity contribution in [2.24, 2.45) is 11.8 Å². The molecule has 2 N–H and O–H groups in total. The molecule has 116 valence electrons. The Balaban J connectivity index is 2.23. The number of anilines is 1. The molecule has 0 saturated carbocycles. The third kappa shape index (κ3) is 3.56. The van der Waals surface area contributed by atoms with E-state index in [2.05, 4.69) is 38.3 Å². The number of hydrogen-bond acceptors (Lipinski definition) is 3. The Morgan fingerprint density at radius 2 is 2.05 bits per heavy atom. The van der Waals surface area contributed by atoms with Gasteiger partial charge in [0.2, 0.25) is 5.91 Å². The summed E-state index contributed by atoms with van der Waals surface area (Å²) < 4.78 is 5.37. The van der Waals surface area contributed by atoms with E-state index in [1.54, 1.807) is 7.11 Å². The number of benzene rings is 1. The van der Waals surface area contributed by atoms with E-state index < -0.39 is 0 Å². The summed E-state index contributed by atoms with van der Waals surface area (Å²) in [6, 6.07) is 5.99. The molecule has 4 heteroatoms. The average molecular weight is 290 g/mol. The molecule has 1 heterocycles. The number of methoxy groups -OCH3 is 1. The minimum Gasteiger partial charge on any atom is -0.495 e. The van der Waals surface area contributed by atoms with Crippen LogP contribution in [0.2, 0.25) is 0 Å². The predicted molar refractivity (Wildman–Crippen MR) is 85.8 cm³/mol. The Morgan fingerprint density at radius 1 is 1.33 bits per heavy atom. The Labute approximate surface area is 127 Å². The molecule has 2 atom stereocenters. The lowest BCUT2D eigenvalue weighted by Gasteiger charge is -2.22. The highest BCUT2D eigenvalue weighted by molar-refractivity contribution is 5.94. The molecule has 21 heavy (non-hydrogen) atoms. The zero-order chi connectivity index (χ0) is 15.6. The highest BCUT2D eigenvalue weighted by Crippen LogP contribution is 2.32. The molecule has 1 amide bonds. The van der Waals surface area contributed by atoms with Crippen LogP contribution in [0.5, 0.6) is 5.75 Å². The minimum atomic E-state index is 0.0213. The van der Waals surface area contributed by atoms with Crippen molar-refractivity contribution in [2.45, 2.75) is 33.1 Å². The van der Waals surface area contributed by atoms with Gasteiger partial charge in [0.05, 0.1) is 18.7 Å². The average Bonchev–Trinajstić information content (AvgIpc) is 2.84. The summed E-state index contributed by atoms with van der Waals surface area (Å²) in [7, 11) is 1.63. The van der Waals surface area contributed by atoms with E-state index in [0.717, 1.165) is 18.8 Å². The molecule has 0 radical (unpaired) electrons. The molecular formula is C17H26N2O2. The number of amides is 1. The van der Waals surface area contributed by atoms with Crippen molar-refractivity contribution in [3.8, 4) is 5.75 Å². The van der Waals surface area contributed by atoms with Gasteiger partial charge < -0.3 is 15.4 Å². The summed E-state index contributed by atoms with van der Waals surface area (Å²) in [6.45, 7) is 10.2. The van der Waals surface area contributed by atoms with Crippen LogP contribution in [-0.4, -0.2) is 26.1 Å². The van der Waals surface area contributed by atoms with Crippen molar-refractivity contribution in [3.63, 3.8) is 0 Å². The molecule has 1 aliphatic heterocycles. The van der Waals surface area contributed by atoms with Gasteiger partial charge in [-0.15, -0.1) is 0 Å². The van der Waals surface area contributed by atoms with Gasteiger partial charge in [-0.25, -0.2) is 0 Å². The van der Waals surface area contributed by atoms with Crippen LogP contribution in [0.3, 0.4) is 0 Å². The van der Waals surface area contributed by atoms with Gasteiger partial charge in [-0.1, -0.05) is 33.8 Å². The lowest BCUT2D eigenvalue weighted by molar-refractivity contribution is -0.120. The van der Waals surface area contributed by atoms with E-state index >= 15 is 0 Å². The van der Waals surface area contributed by atoms with Gasteiger partial charge in [0.25, 0.3) is 0 Å². The number of ether oxygens (including phenoxy) is 1. The van der Waals surface area contributed by atoms with E-state index in [1.165, 1.54) is 5.56 Å². The summed E-state index contributed by atoms with van der Waals surface area (Å²) in [5.74, 6) is 1.15. The maximum Gasteiger partial charge on any atom is 0.229 e. The molecule has 0 aliphatic carbocycles. The Hall–Kier alpha value is -1.55. The van der Waals surface area contributed by atoms with Gasteiger partial charge in [-0.05, 0) is 35.6 Å². The molecule has 2 unspecified atom stereocenters. The van der Waals surface area contributed by atoms with Crippen LogP contribution < -0.4 is 15.4 Å². The van der Waals surface area contributed by atoms with Gasteiger partial charge in [0, 0.05) is 6.54 Å². The first-order chi connectivity index (χ1) is 9.82. The molecule has 1 saturated heterocycles. The van der Waals surface area contributed by atoms with Crippen LogP contribution >= 0.6 is 0 Å². The van der Waals surface area contributed by atoms with Crippen LogP contribution in [-0.2, 0) is 10.2 Å². The first kappa shape index (κ1) is 15.8. The molecule has 1 fully saturated rings. The third-order valence-electron chi connectivity index (χ3n) is 4.18. The standard InChI is InChI=1S/C17H26N2O2/c1-11-9-18-10-13(11)16(20)19-14-8-12(17(2,3)4)6-7-15(14)21-5/h6-8,11,13,18H,9-10H2,1-5H3,(H,19,20). The highest BCUT2D eigenvalue weighted by Gasteiger charge is 2.30. The maximum atomic E-state index is 12.4. The fourth-order valence-electron chi connectivity index (χ4n) is 2.66. The van der Waals surface area contributed by atoms with Crippen LogP contribution in [0.4, 0.5) is 5.69 Å². The number of nitrogens with one attached hydrogen (secondary N) is 2. The van der Waals surface area contributed by atoms with E-state index in [0.29, 0.717) is 11.7 Å². The Kier molecular flexibility index (Phi) is 4.57. The molecule has 0 aromatic heterocycles. The Morgan fingerprint density at radius 3 is 2.57 bits per heavy atom. The zero-order valence-electron chi connectivity index (χ0n) is 13.6. The lowest BCUT2D eigenvalue weighted by Crippen LogP contribution is -2.28. The molecule has 1 aliphatic rings. The highest BCUT2D eigenvalue weighted by atomic mass is 16.5. The van der Waals surface area contributed by atoms with Crippen molar-refractivity contribution in [1.82, 2.24) is 5.32 Å². The first-order valence-electron chi connectivity index (χ1n) is 7.53. The predicted octanol–water partition coefficient (Wildman–Crippen LogP) is 2.79. The van der Waals surface area contributed by atoms with Crippen molar-refractivity contribution in [3.05, 3.63) is 23.8 Å². The molecule has 0 spiro atoms. The van der Waals surface area contributed by atoms with Crippen LogP contribution in [0.25, 0.3) is 0 Å². The number of carbonyl (C=O) groups excluding carboxylic acids is 1. The molecule has 4 nitrogen and oxygen atoms in total. The zero-order valence-corrected chi connectivity index (χ0v) is 13.6. The third-order valence-corrected chi connectivity index (χ3v) is 4.18. The summed E-state index contributed by atoms with van der Waals surface area (Å²) in [6.07, 6.45) is 0. The van der Waals surface area contributed by atoms with Gasteiger partial charge in [-0.3, -0.25) is 4.79 Å². The van der Waals surface area contributed by atoms with E-state index in [4.69, 9.17) is 4.74 Å². The summed E-state index contributed by atoms with van der Waals surface area (Å²) >= 11 is 0. The second-order valence-electron chi connectivity index (χ2n) is 6.90. The van der Waals surface area contributed by atoms with Crippen molar-refractivity contribution in [2.75, 3.05) is 25.5 Å². The molecule has 0 bridgehead atoms. The van der Waals surface area contributed by atoms with Crippen LogP contribution in [0.15, 0.2) is 18.2 Å². The first-order valence-corrected chi connectivity index (χ1v) is 7.53. The van der Waals surface area contributed by atoms with E-state index in [9.17, 15) is 4.79 Å². The molecule has 1 aromatic carbocycles. The van der Waals surface area contributed by atoms with Gasteiger partial charge in [-0.2, -0.15) is 0 Å². The normalized spacial score (nSPS) is 22.1. The monoisotopic (exact) mass is 290 g/mol. The van der Waals surface area contributed by atoms with Crippen LogP contribution in [0, 0.1) is 11.8 Å². The number of rotatable bonds is 3. The SMILES string of the molecule is COc1ccc(C(C)(C)C)cc1NC(=O)C1CNCC1C. The van der Waals surface area contributed by atoms with Gasteiger partial charge in [0.1, 0.15) is 5.75 Å². The maximum absolute atomic E-state index is 12.4. The number of carbonyl (C=O) groups is 1. The van der Waals surface area contributed by atoms with Crippen molar-refractivity contribution >= 4 is 11.6 Å². The smallest absolute Gasteiger partial charge is 0.229 e. The quantitative estimate of drug-likeness (QED) is 0.900. The van der Waals surface area contributed by atoms with Crippen molar-refractivity contribution in [1.29, 1.82) is 0 Å². The second kappa shape index (κ2) is 6.06. The summed E-state index contributed by atoms with van der Waals surface area (Å²) in [5.41, 5.74) is 1.97. The van der Waals surface area contributed by atoms with E-state index in [1.807, 2.05) is 18.2 Å². The Bertz CT molecular complexity index is 520. The summed E-state index contributed by atoms with van der Waals surface area (Å²) in [4.78, 5) is 12.4.